The Morgan fingerprint density at radius 3 is 2.96 bits per heavy atom. The maximum atomic E-state index is 13.4. The first kappa shape index (κ1) is 15.6. The van der Waals surface area contributed by atoms with Crippen molar-refractivity contribution in [1.82, 2.24) is 10.2 Å². The van der Waals surface area contributed by atoms with Gasteiger partial charge in [-0.3, -0.25) is 9.69 Å². The molecule has 1 amide bonds. The van der Waals surface area contributed by atoms with Crippen molar-refractivity contribution in [2.24, 2.45) is 0 Å². The number of nitrogens with zero attached hydrogens (tertiary/aromatic N) is 1. The van der Waals surface area contributed by atoms with E-state index in [1.807, 2.05) is 12.1 Å². The van der Waals surface area contributed by atoms with E-state index in [1.165, 1.54) is 12.1 Å². The molecular weight excluding hydrogens is 297 g/mol. The Hall–Kier alpha value is -2.34. The Labute approximate surface area is 134 Å². The predicted molar refractivity (Wildman–Crippen MR) is 85.4 cm³/mol. The second-order valence-corrected chi connectivity index (χ2v) is 5.84. The molecule has 1 fully saturated rings. The van der Waals surface area contributed by atoms with Crippen molar-refractivity contribution in [3.05, 3.63) is 54.2 Å². The Balaban J connectivity index is 1.77. The molecule has 122 valence electrons. The van der Waals surface area contributed by atoms with Crippen LogP contribution in [-0.4, -0.2) is 36.5 Å². The molecule has 2 N–H and O–H groups in total. The van der Waals surface area contributed by atoms with E-state index < -0.39 is 5.54 Å². The van der Waals surface area contributed by atoms with E-state index in [1.54, 1.807) is 25.4 Å². The lowest BCUT2D eigenvalue weighted by atomic mass is 9.96. The number of hydrogen-bond donors (Lipinski definition) is 2. The lowest BCUT2D eigenvalue weighted by Gasteiger charge is -2.30. The molecule has 0 bridgehead atoms. The van der Waals surface area contributed by atoms with Crippen molar-refractivity contribution in [3.63, 3.8) is 0 Å². The SMILES string of the molecule is CNC(=O)C1(Nc2cccc(F)c2)CCN(Cc2ccco2)C1. The quantitative estimate of drug-likeness (QED) is 0.888. The second kappa shape index (κ2) is 6.42. The molecule has 0 aliphatic carbocycles. The standard InChI is InChI=1S/C17H20FN3O2/c1-19-16(22)17(20-14-5-2-4-13(18)10-14)7-8-21(12-17)11-15-6-3-9-23-15/h2-6,9-10,20H,7-8,11-12H2,1H3,(H,19,22). The first-order chi connectivity index (χ1) is 11.1. The molecule has 0 radical (unpaired) electrons. The van der Waals surface area contributed by atoms with Gasteiger partial charge in [0.1, 0.15) is 17.1 Å². The van der Waals surface area contributed by atoms with Gasteiger partial charge in [-0.25, -0.2) is 4.39 Å². The van der Waals surface area contributed by atoms with Gasteiger partial charge >= 0.3 is 0 Å². The van der Waals surface area contributed by atoms with E-state index in [0.29, 0.717) is 25.2 Å². The predicted octanol–water partition coefficient (Wildman–Crippen LogP) is 2.22. The molecule has 3 rings (SSSR count). The summed E-state index contributed by atoms with van der Waals surface area (Å²) in [6.07, 6.45) is 2.28. The maximum absolute atomic E-state index is 13.4. The van der Waals surface area contributed by atoms with Crippen molar-refractivity contribution in [1.29, 1.82) is 0 Å². The lowest BCUT2D eigenvalue weighted by Crippen LogP contribution is -2.53. The Kier molecular flexibility index (Phi) is 4.34. The van der Waals surface area contributed by atoms with Gasteiger partial charge in [-0.15, -0.1) is 0 Å². The third kappa shape index (κ3) is 3.37. The van der Waals surface area contributed by atoms with Gasteiger partial charge in [-0.2, -0.15) is 0 Å². The highest BCUT2D eigenvalue weighted by Gasteiger charge is 2.44. The molecule has 2 heterocycles. The van der Waals surface area contributed by atoms with Crippen LogP contribution in [0.3, 0.4) is 0 Å². The van der Waals surface area contributed by atoms with Gasteiger partial charge in [0.2, 0.25) is 5.91 Å². The van der Waals surface area contributed by atoms with Gasteiger partial charge in [-0.05, 0) is 36.8 Å². The van der Waals surface area contributed by atoms with E-state index in [0.717, 1.165) is 12.3 Å². The van der Waals surface area contributed by atoms with Gasteiger partial charge in [0.15, 0.2) is 0 Å². The first-order valence-corrected chi connectivity index (χ1v) is 7.62. The van der Waals surface area contributed by atoms with Crippen LogP contribution in [0.4, 0.5) is 10.1 Å². The van der Waals surface area contributed by atoms with Crippen molar-refractivity contribution >= 4 is 11.6 Å². The van der Waals surface area contributed by atoms with E-state index >= 15 is 0 Å². The third-order valence-electron chi connectivity index (χ3n) is 4.18. The molecule has 23 heavy (non-hydrogen) atoms. The fraction of sp³-hybridized carbons (Fsp3) is 0.353. The molecule has 1 aromatic heterocycles. The number of benzene rings is 1. The molecule has 1 saturated heterocycles. The van der Waals surface area contributed by atoms with Crippen LogP contribution >= 0.6 is 0 Å². The summed E-state index contributed by atoms with van der Waals surface area (Å²) < 4.78 is 18.8. The smallest absolute Gasteiger partial charge is 0.246 e. The van der Waals surface area contributed by atoms with Crippen LogP contribution in [-0.2, 0) is 11.3 Å². The molecule has 1 unspecified atom stereocenters. The van der Waals surface area contributed by atoms with E-state index in [-0.39, 0.29) is 11.7 Å². The number of furan rings is 1. The molecule has 1 aliphatic rings. The number of rotatable bonds is 5. The fourth-order valence-electron chi connectivity index (χ4n) is 3.07. The monoisotopic (exact) mass is 317 g/mol. The summed E-state index contributed by atoms with van der Waals surface area (Å²) in [5, 5.41) is 5.95. The number of carbonyl (C=O) groups is 1. The van der Waals surface area contributed by atoms with Crippen LogP contribution < -0.4 is 10.6 Å². The number of nitrogens with one attached hydrogen (secondary N) is 2. The number of halogens is 1. The largest absolute Gasteiger partial charge is 0.468 e. The number of carbonyl (C=O) groups excluding carboxylic acids is 1. The molecule has 1 aromatic carbocycles. The maximum Gasteiger partial charge on any atom is 0.246 e. The molecule has 1 aliphatic heterocycles. The summed E-state index contributed by atoms with van der Waals surface area (Å²) in [4.78, 5) is 14.6. The average Bonchev–Trinajstić information content (AvgIpc) is 3.18. The van der Waals surface area contributed by atoms with E-state index in [9.17, 15) is 9.18 Å². The van der Waals surface area contributed by atoms with E-state index in [4.69, 9.17) is 4.42 Å². The second-order valence-electron chi connectivity index (χ2n) is 5.84. The highest BCUT2D eigenvalue weighted by molar-refractivity contribution is 5.90. The summed E-state index contributed by atoms with van der Waals surface area (Å²) in [5.74, 6) is 0.444. The summed E-state index contributed by atoms with van der Waals surface area (Å²) in [6, 6.07) is 9.95. The number of hydrogen-bond acceptors (Lipinski definition) is 4. The van der Waals surface area contributed by atoms with Crippen LogP contribution in [0.1, 0.15) is 12.2 Å². The minimum absolute atomic E-state index is 0.0938. The van der Waals surface area contributed by atoms with E-state index in [2.05, 4.69) is 15.5 Å². The topological polar surface area (TPSA) is 57.5 Å². The van der Waals surface area contributed by atoms with Gasteiger partial charge in [0, 0.05) is 25.8 Å². The molecule has 0 spiro atoms. The summed E-state index contributed by atoms with van der Waals surface area (Å²) in [6.45, 7) is 1.94. The highest BCUT2D eigenvalue weighted by atomic mass is 19.1. The minimum atomic E-state index is -0.769. The molecule has 1 atom stereocenters. The fourth-order valence-corrected chi connectivity index (χ4v) is 3.07. The van der Waals surface area contributed by atoms with Crippen LogP contribution in [0.2, 0.25) is 0 Å². The number of anilines is 1. The highest BCUT2D eigenvalue weighted by Crippen LogP contribution is 2.28. The van der Waals surface area contributed by atoms with Crippen molar-refractivity contribution in [2.75, 3.05) is 25.5 Å². The zero-order chi connectivity index (χ0) is 16.3. The van der Waals surface area contributed by atoms with Gasteiger partial charge in [0.05, 0.1) is 12.8 Å². The Morgan fingerprint density at radius 1 is 1.39 bits per heavy atom. The summed E-state index contributed by atoms with van der Waals surface area (Å²) >= 11 is 0. The van der Waals surface area contributed by atoms with Gasteiger partial charge in [-0.1, -0.05) is 6.07 Å². The normalized spacial score (nSPS) is 21.3. The average molecular weight is 317 g/mol. The molecular formula is C17H20FN3O2. The third-order valence-corrected chi connectivity index (χ3v) is 4.18. The molecule has 6 heteroatoms. The summed E-state index contributed by atoms with van der Waals surface area (Å²) in [5.41, 5.74) is -0.164. The van der Waals surface area contributed by atoms with Crippen molar-refractivity contribution in [2.45, 2.75) is 18.5 Å². The van der Waals surface area contributed by atoms with Gasteiger partial charge < -0.3 is 15.1 Å². The van der Waals surface area contributed by atoms with Crippen LogP contribution in [0, 0.1) is 5.82 Å². The van der Waals surface area contributed by atoms with Crippen LogP contribution in [0.15, 0.2) is 47.1 Å². The zero-order valence-electron chi connectivity index (χ0n) is 13.0. The van der Waals surface area contributed by atoms with Crippen LogP contribution in [0.5, 0.6) is 0 Å². The number of likely N-dealkylation sites (N-methyl/N-ethyl adjacent to an activating group) is 1. The molecule has 5 nitrogen and oxygen atoms in total. The zero-order valence-corrected chi connectivity index (χ0v) is 13.0. The molecule has 0 saturated carbocycles. The number of amides is 1. The lowest BCUT2D eigenvalue weighted by molar-refractivity contribution is -0.124. The van der Waals surface area contributed by atoms with Crippen LogP contribution in [0.25, 0.3) is 0 Å². The van der Waals surface area contributed by atoms with Gasteiger partial charge in [0.25, 0.3) is 0 Å². The number of likely N-dealkylation sites (tertiary alicyclic amines) is 1. The molecule has 2 aromatic rings. The van der Waals surface area contributed by atoms with Crippen molar-refractivity contribution < 1.29 is 13.6 Å². The Bertz CT molecular complexity index is 674. The minimum Gasteiger partial charge on any atom is -0.468 e. The summed E-state index contributed by atoms with van der Waals surface area (Å²) in [7, 11) is 1.62. The Morgan fingerprint density at radius 2 is 2.26 bits per heavy atom. The first-order valence-electron chi connectivity index (χ1n) is 7.62. The van der Waals surface area contributed by atoms with Crippen molar-refractivity contribution in [3.8, 4) is 0 Å².